The lowest BCUT2D eigenvalue weighted by Crippen LogP contribution is -2.05. The number of rotatable bonds is 2. The largest absolute Gasteiger partial charge is 0.398 e. The molecule has 2 nitrogen and oxygen atoms in total. The Bertz CT molecular complexity index is 569. The average molecular weight is 266 g/mol. The van der Waals surface area contributed by atoms with Crippen LogP contribution in [-0.2, 0) is 0 Å². The number of carbonyl (C=O) groups is 1. The minimum Gasteiger partial charge on any atom is -0.398 e. The zero-order chi connectivity index (χ0) is 12.6. The molecule has 1 heterocycles. The van der Waals surface area contributed by atoms with Crippen molar-refractivity contribution in [1.29, 1.82) is 0 Å². The fourth-order valence-electron chi connectivity index (χ4n) is 1.76. The van der Waals surface area contributed by atoms with Gasteiger partial charge in [0.1, 0.15) is 0 Å². The number of hydrogen-bond donors (Lipinski definition) is 1. The summed E-state index contributed by atoms with van der Waals surface area (Å²) in [6, 6.07) is 7.10. The molecular weight excluding hydrogens is 254 g/mol. The van der Waals surface area contributed by atoms with E-state index in [-0.39, 0.29) is 5.78 Å². The Hall–Kier alpha value is -1.32. The summed E-state index contributed by atoms with van der Waals surface area (Å²) >= 11 is 7.51. The van der Waals surface area contributed by atoms with E-state index in [0.29, 0.717) is 21.2 Å². The number of nitrogen functional groups attached to an aromatic ring is 1. The zero-order valence-corrected chi connectivity index (χ0v) is 11.2. The summed E-state index contributed by atoms with van der Waals surface area (Å²) in [5.74, 6) is -0.0938. The molecular formula is C13H12ClNOS. The normalized spacial score (nSPS) is 10.5. The number of ketones is 1. The van der Waals surface area contributed by atoms with Crippen LogP contribution in [0.3, 0.4) is 0 Å². The predicted octanol–water partition coefficient (Wildman–Crippen LogP) is 3.83. The molecule has 0 radical (unpaired) electrons. The van der Waals surface area contributed by atoms with E-state index < -0.39 is 0 Å². The third-order valence-corrected chi connectivity index (χ3v) is 3.99. The Morgan fingerprint density at radius 3 is 2.59 bits per heavy atom. The van der Waals surface area contributed by atoms with E-state index >= 15 is 0 Å². The van der Waals surface area contributed by atoms with Gasteiger partial charge < -0.3 is 5.73 Å². The summed E-state index contributed by atoms with van der Waals surface area (Å²) in [6.07, 6.45) is 0. The lowest BCUT2D eigenvalue weighted by atomic mass is 10.1. The number of thiophene rings is 1. The Morgan fingerprint density at radius 1 is 1.35 bits per heavy atom. The van der Waals surface area contributed by atoms with E-state index in [1.54, 1.807) is 18.2 Å². The van der Waals surface area contributed by atoms with Crippen molar-refractivity contribution in [2.75, 3.05) is 5.73 Å². The van der Waals surface area contributed by atoms with Crippen LogP contribution in [0, 0.1) is 13.8 Å². The van der Waals surface area contributed by atoms with E-state index in [1.807, 2.05) is 19.9 Å². The second kappa shape index (κ2) is 4.51. The summed E-state index contributed by atoms with van der Waals surface area (Å²) < 4.78 is 0. The van der Waals surface area contributed by atoms with Crippen LogP contribution >= 0.6 is 22.9 Å². The molecule has 88 valence electrons. The summed E-state index contributed by atoms with van der Waals surface area (Å²) in [4.78, 5) is 14.2. The number of benzene rings is 1. The molecule has 0 bridgehead atoms. The third kappa shape index (κ3) is 2.21. The summed E-state index contributed by atoms with van der Waals surface area (Å²) in [5, 5.41) is 0.403. The highest BCUT2D eigenvalue weighted by Gasteiger charge is 2.19. The fourth-order valence-corrected chi connectivity index (χ4v) is 3.00. The predicted molar refractivity (Wildman–Crippen MR) is 73.1 cm³/mol. The topological polar surface area (TPSA) is 43.1 Å². The van der Waals surface area contributed by atoms with Crippen molar-refractivity contribution in [3.63, 3.8) is 0 Å². The molecule has 0 aliphatic rings. The Morgan fingerprint density at radius 2 is 2.06 bits per heavy atom. The summed E-state index contributed by atoms with van der Waals surface area (Å²) in [5.41, 5.74) is 7.61. The number of aryl methyl sites for hydroxylation is 2. The monoisotopic (exact) mass is 265 g/mol. The fraction of sp³-hybridized carbons (Fsp3) is 0.154. The van der Waals surface area contributed by atoms with Crippen molar-refractivity contribution in [2.45, 2.75) is 13.8 Å². The number of halogens is 1. The Labute approximate surface area is 109 Å². The molecule has 0 amide bonds. The van der Waals surface area contributed by atoms with E-state index in [9.17, 15) is 4.79 Å². The lowest BCUT2D eigenvalue weighted by molar-refractivity contribution is 0.104. The van der Waals surface area contributed by atoms with Crippen LogP contribution in [0.15, 0.2) is 24.3 Å². The van der Waals surface area contributed by atoms with Gasteiger partial charge in [-0.3, -0.25) is 4.79 Å². The van der Waals surface area contributed by atoms with Gasteiger partial charge in [-0.05, 0) is 37.6 Å². The first-order valence-corrected chi connectivity index (χ1v) is 6.36. The molecule has 1 aromatic heterocycles. The van der Waals surface area contributed by atoms with Crippen LogP contribution in [-0.4, -0.2) is 5.78 Å². The van der Waals surface area contributed by atoms with Crippen molar-refractivity contribution < 1.29 is 4.79 Å². The molecule has 0 aliphatic carbocycles. The standard InChI is InChI=1S/C13H12ClNOS/c1-7-6-8(2)17-13(7)12(16)11-9(14)4-3-5-10(11)15/h3-6H,15H2,1-2H3. The first-order chi connectivity index (χ1) is 8.00. The van der Waals surface area contributed by atoms with Gasteiger partial charge in [0.05, 0.1) is 15.5 Å². The minimum absolute atomic E-state index is 0.0938. The quantitative estimate of drug-likeness (QED) is 0.662. The number of hydrogen-bond acceptors (Lipinski definition) is 3. The van der Waals surface area contributed by atoms with Crippen molar-refractivity contribution in [3.05, 3.63) is 50.2 Å². The van der Waals surface area contributed by atoms with Crippen LogP contribution in [0.4, 0.5) is 5.69 Å². The van der Waals surface area contributed by atoms with Gasteiger partial charge in [-0.1, -0.05) is 17.7 Å². The molecule has 0 spiro atoms. The molecule has 4 heteroatoms. The molecule has 0 atom stereocenters. The van der Waals surface area contributed by atoms with Gasteiger partial charge in [0, 0.05) is 10.6 Å². The van der Waals surface area contributed by atoms with Gasteiger partial charge >= 0.3 is 0 Å². The summed E-state index contributed by atoms with van der Waals surface area (Å²) in [6.45, 7) is 3.90. The third-order valence-electron chi connectivity index (χ3n) is 2.52. The van der Waals surface area contributed by atoms with Crippen LogP contribution in [0.5, 0.6) is 0 Å². The van der Waals surface area contributed by atoms with E-state index in [0.717, 1.165) is 10.4 Å². The number of anilines is 1. The molecule has 2 rings (SSSR count). The van der Waals surface area contributed by atoms with Crippen LogP contribution < -0.4 is 5.73 Å². The first-order valence-electron chi connectivity index (χ1n) is 5.16. The van der Waals surface area contributed by atoms with Crippen LogP contribution in [0.2, 0.25) is 5.02 Å². The van der Waals surface area contributed by atoms with Gasteiger partial charge in [-0.15, -0.1) is 11.3 Å². The second-order valence-corrected chi connectivity index (χ2v) is 5.57. The molecule has 0 saturated carbocycles. The highest BCUT2D eigenvalue weighted by molar-refractivity contribution is 7.14. The number of nitrogens with two attached hydrogens (primary N) is 1. The van der Waals surface area contributed by atoms with Gasteiger partial charge in [0.25, 0.3) is 0 Å². The highest BCUT2D eigenvalue weighted by Crippen LogP contribution is 2.29. The van der Waals surface area contributed by atoms with E-state index in [4.69, 9.17) is 17.3 Å². The smallest absolute Gasteiger partial charge is 0.206 e. The van der Waals surface area contributed by atoms with E-state index in [2.05, 4.69) is 0 Å². The maximum atomic E-state index is 12.4. The van der Waals surface area contributed by atoms with E-state index in [1.165, 1.54) is 11.3 Å². The second-order valence-electron chi connectivity index (χ2n) is 3.90. The van der Waals surface area contributed by atoms with Crippen LogP contribution in [0.25, 0.3) is 0 Å². The molecule has 17 heavy (non-hydrogen) atoms. The minimum atomic E-state index is -0.0938. The molecule has 2 N–H and O–H groups in total. The Balaban J connectivity index is 2.55. The SMILES string of the molecule is Cc1cc(C)c(C(=O)c2c(N)cccc2Cl)s1. The van der Waals surface area contributed by atoms with Gasteiger partial charge in [0.15, 0.2) is 0 Å². The van der Waals surface area contributed by atoms with Crippen LogP contribution in [0.1, 0.15) is 25.7 Å². The zero-order valence-electron chi connectivity index (χ0n) is 9.58. The first kappa shape index (κ1) is 12.1. The van der Waals surface area contributed by atoms with Gasteiger partial charge in [0.2, 0.25) is 5.78 Å². The van der Waals surface area contributed by atoms with Crippen molar-refractivity contribution in [3.8, 4) is 0 Å². The average Bonchev–Trinajstić information content (AvgIpc) is 2.57. The maximum absolute atomic E-state index is 12.4. The lowest BCUT2D eigenvalue weighted by Gasteiger charge is -2.06. The molecule has 1 aromatic carbocycles. The maximum Gasteiger partial charge on any atom is 0.206 e. The van der Waals surface area contributed by atoms with Gasteiger partial charge in [-0.2, -0.15) is 0 Å². The van der Waals surface area contributed by atoms with Crippen molar-refractivity contribution in [1.82, 2.24) is 0 Å². The molecule has 0 fully saturated rings. The van der Waals surface area contributed by atoms with Gasteiger partial charge in [-0.25, -0.2) is 0 Å². The van der Waals surface area contributed by atoms with Crippen molar-refractivity contribution >= 4 is 34.4 Å². The summed E-state index contributed by atoms with van der Waals surface area (Å²) in [7, 11) is 0. The van der Waals surface area contributed by atoms with Crippen molar-refractivity contribution in [2.24, 2.45) is 0 Å². The molecule has 0 saturated heterocycles. The number of carbonyl (C=O) groups excluding carboxylic acids is 1. The molecule has 0 aliphatic heterocycles. The Kier molecular flexibility index (Phi) is 3.22. The molecule has 2 aromatic rings. The molecule has 0 unspecified atom stereocenters. The highest BCUT2D eigenvalue weighted by atomic mass is 35.5.